The van der Waals surface area contributed by atoms with Crippen LogP contribution >= 0.6 is 0 Å². The zero-order valence-electron chi connectivity index (χ0n) is 9.89. The molecule has 1 heterocycles. The maximum absolute atomic E-state index is 12.4. The molecule has 1 aromatic heterocycles. The monoisotopic (exact) mass is 271 g/mol. The van der Waals surface area contributed by atoms with Gasteiger partial charge in [-0.25, -0.2) is 4.68 Å². The summed E-state index contributed by atoms with van der Waals surface area (Å²) in [5.41, 5.74) is 5.12. The van der Waals surface area contributed by atoms with E-state index in [9.17, 15) is 13.2 Å². The minimum Gasteiger partial charge on any atom is -0.489 e. The van der Waals surface area contributed by atoms with Crippen molar-refractivity contribution in [1.82, 2.24) is 9.78 Å². The predicted molar refractivity (Wildman–Crippen MR) is 63.1 cm³/mol. The van der Waals surface area contributed by atoms with Crippen LogP contribution in [0.1, 0.15) is 5.56 Å². The highest BCUT2D eigenvalue weighted by Crippen LogP contribution is 2.29. The molecule has 0 fully saturated rings. The first kappa shape index (κ1) is 13.4. The smallest absolute Gasteiger partial charge is 0.416 e. The Morgan fingerprint density at radius 1 is 1.21 bits per heavy atom. The van der Waals surface area contributed by atoms with Crippen molar-refractivity contribution in [3.05, 3.63) is 42.2 Å². The molecule has 4 nitrogen and oxygen atoms in total. The Kier molecular flexibility index (Phi) is 3.75. The maximum atomic E-state index is 12.4. The van der Waals surface area contributed by atoms with Gasteiger partial charge in [0.25, 0.3) is 0 Å². The number of hydrogen-bond donors (Lipinski definition) is 1. The Morgan fingerprint density at radius 3 is 2.47 bits per heavy atom. The van der Waals surface area contributed by atoms with Crippen molar-refractivity contribution in [2.24, 2.45) is 5.73 Å². The van der Waals surface area contributed by atoms with Crippen LogP contribution in [0, 0.1) is 0 Å². The summed E-state index contributed by atoms with van der Waals surface area (Å²) in [5, 5.41) is 4.00. The summed E-state index contributed by atoms with van der Waals surface area (Å²) in [6, 6.07) is 4.72. The highest BCUT2D eigenvalue weighted by atomic mass is 19.4. The fourth-order valence-corrected chi connectivity index (χ4v) is 1.50. The van der Waals surface area contributed by atoms with E-state index in [1.54, 1.807) is 6.20 Å². The van der Waals surface area contributed by atoms with Gasteiger partial charge < -0.3 is 10.5 Å². The fourth-order valence-electron chi connectivity index (χ4n) is 1.50. The van der Waals surface area contributed by atoms with Crippen molar-refractivity contribution < 1.29 is 17.9 Å². The lowest BCUT2D eigenvalue weighted by atomic mass is 10.2. The second-order valence-corrected chi connectivity index (χ2v) is 3.80. The Hall–Kier alpha value is -2.02. The van der Waals surface area contributed by atoms with Crippen LogP contribution in [0.2, 0.25) is 0 Å². The SMILES string of the molecule is NCCOc1cnn(-c2ccc(C(F)(F)F)cc2)c1. The minimum absolute atomic E-state index is 0.360. The summed E-state index contributed by atoms with van der Waals surface area (Å²) in [6.45, 7) is 0.740. The van der Waals surface area contributed by atoms with E-state index in [0.29, 0.717) is 24.6 Å². The molecule has 0 aliphatic rings. The van der Waals surface area contributed by atoms with Crippen LogP contribution in [0.4, 0.5) is 13.2 Å². The van der Waals surface area contributed by atoms with Gasteiger partial charge in [-0.05, 0) is 24.3 Å². The van der Waals surface area contributed by atoms with Gasteiger partial charge in [0.15, 0.2) is 5.75 Å². The maximum Gasteiger partial charge on any atom is 0.416 e. The van der Waals surface area contributed by atoms with Crippen molar-refractivity contribution in [2.75, 3.05) is 13.2 Å². The lowest BCUT2D eigenvalue weighted by Gasteiger charge is -2.07. The largest absolute Gasteiger partial charge is 0.489 e. The van der Waals surface area contributed by atoms with Gasteiger partial charge in [-0.15, -0.1) is 0 Å². The van der Waals surface area contributed by atoms with Crippen LogP contribution in [0.3, 0.4) is 0 Å². The van der Waals surface area contributed by atoms with Gasteiger partial charge >= 0.3 is 6.18 Å². The summed E-state index contributed by atoms with van der Waals surface area (Å²) in [4.78, 5) is 0. The highest BCUT2D eigenvalue weighted by Gasteiger charge is 2.29. The lowest BCUT2D eigenvalue weighted by molar-refractivity contribution is -0.137. The number of nitrogens with zero attached hydrogens (tertiary/aromatic N) is 2. The van der Waals surface area contributed by atoms with Crippen molar-refractivity contribution in [2.45, 2.75) is 6.18 Å². The molecule has 0 amide bonds. The summed E-state index contributed by atoms with van der Waals surface area (Å²) in [5.74, 6) is 0.519. The lowest BCUT2D eigenvalue weighted by Crippen LogP contribution is -2.10. The Morgan fingerprint density at radius 2 is 1.89 bits per heavy atom. The Bertz CT molecular complexity index is 534. The van der Waals surface area contributed by atoms with Crippen LogP contribution in [0.15, 0.2) is 36.7 Å². The number of aromatic nitrogens is 2. The van der Waals surface area contributed by atoms with Crippen LogP contribution in [0.5, 0.6) is 5.75 Å². The zero-order valence-corrected chi connectivity index (χ0v) is 9.89. The Labute approximate surface area is 107 Å². The molecule has 0 saturated carbocycles. The highest BCUT2D eigenvalue weighted by molar-refractivity contribution is 5.36. The van der Waals surface area contributed by atoms with Gasteiger partial charge in [0, 0.05) is 6.54 Å². The number of nitrogens with two attached hydrogens (primary N) is 1. The number of halogens is 3. The van der Waals surface area contributed by atoms with E-state index in [4.69, 9.17) is 10.5 Å². The Balaban J connectivity index is 2.16. The van der Waals surface area contributed by atoms with Gasteiger partial charge in [0.2, 0.25) is 0 Å². The average Bonchev–Trinajstić information content (AvgIpc) is 2.84. The standard InChI is InChI=1S/C12H12F3N3O/c13-12(14,15)9-1-3-10(4-2-9)18-8-11(7-17-18)19-6-5-16/h1-4,7-8H,5-6,16H2. The quantitative estimate of drug-likeness (QED) is 0.927. The molecule has 2 N–H and O–H groups in total. The normalized spacial score (nSPS) is 11.6. The summed E-state index contributed by atoms with van der Waals surface area (Å²) in [6.07, 6.45) is -1.27. The topological polar surface area (TPSA) is 53.1 Å². The first-order chi connectivity index (χ1) is 9.00. The molecule has 0 saturated heterocycles. The van der Waals surface area contributed by atoms with Crippen molar-refractivity contribution in [3.8, 4) is 11.4 Å². The minimum atomic E-state index is -4.34. The second kappa shape index (κ2) is 5.31. The van der Waals surface area contributed by atoms with E-state index in [2.05, 4.69) is 5.10 Å². The molecule has 1 aromatic carbocycles. The molecular weight excluding hydrogens is 259 g/mol. The van der Waals surface area contributed by atoms with Crippen molar-refractivity contribution in [1.29, 1.82) is 0 Å². The van der Waals surface area contributed by atoms with E-state index in [1.807, 2.05) is 0 Å². The molecule has 0 aliphatic carbocycles. The fraction of sp³-hybridized carbons (Fsp3) is 0.250. The molecule has 0 atom stereocenters. The molecule has 19 heavy (non-hydrogen) atoms. The zero-order chi connectivity index (χ0) is 13.9. The number of alkyl halides is 3. The molecule has 0 radical (unpaired) electrons. The van der Waals surface area contributed by atoms with Crippen LogP contribution in [-0.2, 0) is 6.18 Å². The molecule has 0 aliphatic heterocycles. The summed E-state index contributed by atoms with van der Waals surface area (Å²) in [7, 11) is 0. The van der Waals surface area contributed by atoms with Crippen molar-refractivity contribution in [3.63, 3.8) is 0 Å². The molecule has 0 unspecified atom stereocenters. The molecule has 2 rings (SSSR count). The van der Waals surface area contributed by atoms with Gasteiger partial charge in [-0.1, -0.05) is 0 Å². The van der Waals surface area contributed by atoms with E-state index in [0.717, 1.165) is 12.1 Å². The van der Waals surface area contributed by atoms with Crippen LogP contribution in [-0.4, -0.2) is 22.9 Å². The van der Waals surface area contributed by atoms with Gasteiger partial charge in [-0.3, -0.25) is 0 Å². The summed E-state index contributed by atoms with van der Waals surface area (Å²) >= 11 is 0. The third kappa shape index (κ3) is 3.25. The molecule has 2 aromatic rings. The first-order valence-corrected chi connectivity index (χ1v) is 5.56. The van der Waals surface area contributed by atoms with Crippen LogP contribution in [0.25, 0.3) is 5.69 Å². The molecule has 7 heteroatoms. The van der Waals surface area contributed by atoms with E-state index < -0.39 is 11.7 Å². The van der Waals surface area contributed by atoms with E-state index in [-0.39, 0.29) is 0 Å². The van der Waals surface area contributed by atoms with Crippen molar-refractivity contribution >= 4 is 0 Å². The average molecular weight is 271 g/mol. The first-order valence-electron chi connectivity index (χ1n) is 5.56. The third-order valence-corrected chi connectivity index (χ3v) is 2.40. The molecule has 0 spiro atoms. The second-order valence-electron chi connectivity index (χ2n) is 3.80. The number of hydrogen-bond acceptors (Lipinski definition) is 3. The predicted octanol–water partition coefficient (Wildman–Crippen LogP) is 2.23. The third-order valence-electron chi connectivity index (χ3n) is 2.40. The summed E-state index contributed by atoms with van der Waals surface area (Å²) < 4.78 is 43.9. The van der Waals surface area contributed by atoms with E-state index in [1.165, 1.54) is 23.0 Å². The molecule has 0 bridgehead atoms. The number of benzene rings is 1. The molecule has 102 valence electrons. The molecular formula is C12H12F3N3O. The number of ether oxygens (including phenoxy) is 1. The van der Waals surface area contributed by atoms with Crippen LogP contribution < -0.4 is 10.5 Å². The van der Waals surface area contributed by atoms with E-state index >= 15 is 0 Å². The number of rotatable bonds is 4. The van der Waals surface area contributed by atoms with Gasteiger partial charge in [-0.2, -0.15) is 18.3 Å². The van der Waals surface area contributed by atoms with Gasteiger partial charge in [0.1, 0.15) is 6.61 Å². The van der Waals surface area contributed by atoms with Gasteiger partial charge in [0.05, 0.1) is 23.6 Å².